The fourth-order valence-corrected chi connectivity index (χ4v) is 2.60. The number of aryl methyl sites for hydroxylation is 1. The predicted octanol–water partition coefficient (Wildman–Crippen LogP) is 1.40. The van der Waals surface area contributed by atoms with E-state index >= 15 is 0 Å². The van der Waals surface area contributed by atoms with Gasteiger partial charge in [0.15, 0.2) is 0 Å². The molecule has 0 spiro atoms. The number of nitrogens with zero attached hydrogens (tertiary/aromatic N) is 3. The normalized spacial score (nSPS) is 22.9. The maximum Gasteiger partial charge on any atom is 0.0910 e. The van der Waals surface area contributed by atoms with Crippen molar-refractivity contribution in [3.05, 3.63) is 18.0 Å². The topological polar surface area (TPSA) is 56.3 Å². The van der Waals surface area contributed by atoms with E-state index in [1.165, 1.54) is 0 Å². The number of aromatic nitrogens is 2. The molecule has 1 saturated heterocycles. The predicted molar refractivity (Wildman–Crippen MR) is 75.9 cm³/mol. The molecule has 2 atom stereocenters. The zero-order chi connectivity index (χ0) is 13.8. The third-order valence-corrected chi connectivity index (χ3v) is 3.78. The molecule has 19 heavy (non-hydrogen) atoms. The first-order valence-corrected chi connectivity index (χ1v) is 7.26. The lowest BCUT2D eigenvalue weighted by molar-refractivity contribution is -0.0513. The van der Waals surface area contributed by atoms with E-state index < -0.39 is 0 Å². The minimum Gasteiger partial charge on any atom is -0.374 e. The van der Waals surface area contributed by atoms with Crippen molar-refractivity contribution in [1.82, 2.24) is 14.7 Å². The van der Waals surface area contributed by atoms with Crippen LogP contribution in [0.3, 0.4) is 0 Å². The minimum absolute atomic E-state index is 0.0588. The summed E-state index contributed by atoms with van der Waals surface area (Å²) in [6.45, 7) is 10.2. The Morgan fingerprint density at radius 2 is 2.32 bits per heavy atom. The Morgan fingerprint density at radius 3 is 3.00 bits per heavy atom. The summed E-state index contributed by atoms with van der Waals surface area (Å²) < 4.78 is 7.87. The minimum atomic E-state index is -0.101. The fourth-order valence-electron chi connectivity index (χ4n) is 2.60. The van der Waals surface area contributed by atoms with E-state index in [9.17, 15) is 0 Å². The average molecular weight is 266 g/mol. The van der Waals surface area contributed by atoms with E-state index in [-0.39, 0.29) is 12.1 Å². The second-order valence-electron chi connectivity index (χ2n) is 5.50. The molecule has 1 aromatic rings. The molecule has 5 nitrogen and oxygen atoms in total. The van der Waals surface area contributed by atoms with Gasteiger partial charge in [0.1, 0.15) is 0 Å². The highest BCUT2D eigenvalue weighted by Gasteiger charge is 2.29. The highest BCUT2D eigenvalue weighted by atomic mass is 16.5. The molecule has 0 bridgehead atoms. The lowest BCUT2D eigenvalue weighted by atomic mass is 10.1. The molecule has 1 aliphatic heterocycles. The van der Waals surface area contributed by atoms with E-state index in [0.29, 0.717) is 6.04 Å². The van der Waals surface area contributed by atoms with Crippen LogP contribution in [0.25, 0.3) is 0 Å². The van der Waals surface area contributed by atoms with Crippen LogP contribution < -0.4 is 5.73 Å². The van der Waals surface area contributed by atoms with Gasteiger partial charge < -0.3 is 10.5 Å². The summed E-state index contributed by atoms with van der Waals surface area (Å²) in [7, 11) is 0. The van der Waals surface area contributed by atoms with Crippen LogP contribution in [0.5, 0.6) is 0 Å². The molecule has 0 saturated carbocycles. The van der Waals surface area contributed by atoms with Gasteiger partial charge in [0.2, 0.25) is 0 Å². The van der Waals surface area contributed by atoms with Gasteiger partial charge in [-0.25, -0.2) is 0 Å². The van der Waals surface area contributed by atoms with Crippen LogP contribution in [0.15, 0.2) is 12.3 Å². The fraction of sp³-hybridized carbons (Fsp3) is 0.786. The summed E-state index contributed by atoms with van der Waals surface area (Å²) in [5.74, 6) is 0. The summed E-state index contributed by atoms with van der Waals surface area (Å²) in [4.78, 5) is 2.43. The highest BCUT2D eigenvalue weighted by molar-refractivity contribution is 5.09. The van der Waals surface area contributed by atoms with Gasteiger partial charge in [-0.05, 0) is 26.3 Å². The maximum absolute atomic E-state index is 6.40. The lowest BCUT2D eigenvalue weighted by Crippen LogP contribution is -2.49. The Bertz CT molecular complexity index is 391. The molecule has 1 aromatic heterocycles. The van der Waals surface area contributed by atoms with Crippen molar-refractivity contribution in [2.45, 2.75) is 51.9 Å². The van der Waals surface area contributed by atoms with Crippen molar-refractivity contribution in [2.75, 3.05) is 19.7 Å². The van der Waals surface area contributed by atoms with Crippen LogP contribution in [-0.2, 0) is 11.3 Å². The molecule has 0 amide bonds. The van der Waals surface area contributed by atoms with Gasteiger partial charge in [0.25, 0.3) is 0 Å². The monoisotopic (exact) mass is 266 g/mol. The van der Waals surface area contributed by atoms with Crippen LogP contribution in [0.4, 0.5) is 0 Å². The number of hydrogen-bond donors (Lipinski definition) is 1. The van der Waals surface area contributed by atoms with Crippen molar-refractivity contribution in [3.8, 4) is 0 Å². The SMILES string of the molecule is CCCn1nccc1C(N)C1CN(C(C)C)CCO1. The Kier molecular flexibility index (Phi) is 4.96. The van der Waals surface area contributed by atoms with E-state index in [4.69, 9.17) is 10.5 Å². The first-order valence-electron chi connectivity index (χ1n) is 7.26. The molecule has 108 valence electrons. The van der Waals surface area contributed by atoms with Gasteiger partial charge in [0, 0.05) is 31.9 Å². The van der Waals surface area contributed by atoms with Crippen molar-refractivity contribution in [1.29, 1.82) is 0 Å². The largest absolute Gasteiger partial charge is 0.374 e. The summed E-state index contributed by atoms with van der Waals surface area (Å²) in [6, 6.07) is 2.45. The molecule has 5 heteroatoms. The number of rotatable bonds is 5. The summed E-state index contributed by atoms with van der Waals surface area (Å²) in [6.07, 6.45) is 2.95. The Balaban J connectivity index is 2.05. The van der Waals surface area contributed by atoms with Crippen molar-refractivity contribution >= 4 is 0 Å². The molecule has 0 aromatic carbocycles. The molecule has 1 aliphatic rings. The number of morpholine rings is 1. The smallest absolute Gasteiger partial charge is 0.0910 e. The van der Waals surface area contributed by atoms with Crippen LogP contribution in [-0.4, -0.2) is 46.5 Å². The first kappa shape index (κ1) is 14.5. The van der Waals surface area contributed by atoms with E-state index in [1.807, 2.05) is 16.9 Å². The van der Waals surface area contributed by atoms with E-state index in [0.717, 1.165) is 38.4 Å². The summed E-state index contributed by atoms with van der Waals surface area (Å²) in [5, 5.41) is 4.34. The lowest BCUT2D eigenvalue weighted by Gasteiger charge is -2.37. The maximum atomic E-state index is 6.40. The second-order valence-corrected chi connectivity index (χ2v) is 5.50. The third kappa shape index (κ3) is 3.35. The molecule has 2 rings (SSSR count). The summed E-state index contributed by atoms with van der Waals surface area (Å²) in [5.41, 5.74) is 7.48. The molecule has 0 radical (unpaired) electrons. The highest BCUT2D eigenvalue weighted by Crippen LogP contribution is 2.21. The Labute approximate surface area is 115 Å². The van der Waals surface area contributed by atoms with Gasteiger partial charge in [-0.3, -0.25) is 9.58 Å². The zero-order valence-corrected chi connectivity index (χ0v) is 12.2. The Morgan fingerprint density at radius 1 is 1.53 bits per heavy atom. The summed E-state index contributed by atoms with van der Waals surface area (Å²) >= 11 is 0. The number of hydrogen-bond acceptors (Lipinski definition) is 4. The number of nitrogens with two attached hydrogens (primary N) is 1. The zero-order valence-electron chi connectivity index (χ0n) is 12.2. The van der Waals surface area contributed by atoms with Crippen molar-refractivity contribution in [2.24, 2.45) is 5.73 Å². The van der Waals surface area contributed by atoms with Gasteiger partial charge >= 0.3 is 0 Å². The van der Waals surface area contributed by atoms with Crippen molar-refractivity contribution < 1.29 is 4.74 Å². The van der Waals surface area contributed by atoms with Gasteiger partial charge in [0.05, 0.1) is 24.4 Å². The average Bonchev–Trinajstić information content (AvgIpc) is 2.86. The van der Waals surface area contributed by atoms with Crippen LogP contribution in [0.2, 0.25) is 0 Å². The van der Waals surface area contributed by atoms with Crippen LogP contribution >= 0.6 is 0 Å². The van der Waals surface area contributed by atoms with Crippen LogP contribution in [0.1, 0.15) is 38.9 Å². The molecule has 2 heterocycles. The Hall–Kier alpha value is -0.910. The number of ether oxygens (including phenoxy) is 1. The van der Waals surface area contributed by atoms with Gasteiger partial charge in [-0.1, -0.05) is 6.92 Å². The third-order valence-electron chi connectivity index (χ3n) is 3.78. The van der Waals surface area contributed by atoms with E-state index in [2.05, 4.69) is 30.8 Å². The van der Waals surface area contributed by atoms with Gasteiger partial charge in [-0.2, -0.15) is 5.10 Å². The van der Waals surface area contributed by atoms with Crippen LogP contribution in [0, 0.1) is 0 Å². The first-order chi connectivity index (χ1) is 9.13. The second kappa shape index (κ2) is 6.50. The van der Waals surface area contributed by atoms with Crippen molar-refractivity contribution in [3.63, 3.8) is 0 Å². The molecular weight excluding hydrogens is 240 g/mol. The molecule has 2 N–H and O–H groups in total. The molecule has 1 fully saturated rings. The standard InChI is InChI=1S/C14H26N4O/c1-4-7-18-12(5-6-16-18)14(15)13-10-17(11(2)3)8-9-19-13/h5-6,11,13-14H,4,7-10,15H2,1-3H3. The quantitative estimate of drug-likeness (QED) is 0.875. The molecule has 2 unspecified atom stereocenters. The van der Waals surface area contributed by atoms with Gasteiger partial charge in [-0.15, -0.1) is 0 Å². The molecular formula is C14H26N4O. The van der Waals surface area contributed by atoms with E-state index in [1.54, 1.807) is 0 Å². The molecule has 0 aliphatic carbocycles.